The second-order valence-corrected chi connectivity index (χ2v) is 7.27. The molecule has 1 saturated heterocycles. The lowest BCUT2D eigenvalue weighted by Crippen LogP contribution is -2.42. The van der Waals surface area contributed by atoms with Gasteiger partial charge in [0, 0.05) is 25.4 Å². The van der Waals surface area contributed by atoms with E-state index in [1.807, 2.05) is 41.3 Å². The maximum Gasteiger partial charge on any atom is 0.228 e. The molecule has 3 heterocycles. The Balaban J connectivity index is 1.75. The number of nitriles is 1. The molecule has 0 radical (unpaired) electrons. The van der Waals surface area contributed by atoms with Gasteiger partial charge in [-0.05, 0) is 12.0 Å². The highest BCUT2D eigenvalue weighted by molar-refractivity contribution is 7.18. The van der Waals surface area contributed by atoms with Gasteiger partial charge in [-0.25, -0.2) is 9.97 Å². The number of aromatic hydroxyl groups is 1. The first-order valence-electron chi connectivity index (χ1n) is 8.58. The zero-order chi connectivity index (χ0) is 18.8. The largest absolute Gasteiger partial charge is 0.506 e. The first-order chi connectivity index (χ1) is 13.2. The number of likely N-dealkylation sites (tertiary alicyclic amines) is 1. The number of carbonyl (C=O) groups is 1. The van der Waals surface area contributed by atoms with Crippen LogP contribution in [0.3, 0.4) is 0 Å². The average molecular weight is 376 g/mol. The Bertz CT molecular complexity index is 1040. The third-order valence-electron chi connectivity index (χ3n) is 4.46. The van der Waals surface area contributed by atoms with Gasteiger partial charge in [-0.1, -0.05) is 30.3 Å². The third-order valence-corrected chi connectivity index (χ3v) is 5.61. The van der Waals surface area contributed by atoms with E-state index in [2.05, 4.69) is 9.97 Å². The minimum Gasteiger partial charge on any atom is -0.506 e. The van der Waals surface area contributed by atoms with Crippen LogP contribution < -0.4 is 0 Å². The number of pyridine rings is 1. The van der Waals surface area contributed by atoms with Crippen molar-refractivity contribution in [3.8, 4) is 33.0 Å². The monoisotopic (exact) mass is 376 g/mol. The zero-order valence-corrected chi connectivity index (χ0v) is 15.2. The highest BCUT2D eigenvalue weighted by Crippen LogP contribution is 2.38. The summed E-state index contributed by atoms with van der Waals surface area (Å²) >= 11 is 1.39. The lowest BCUT2D eigenvalue weighted by Gasteiger charge is -2.30. The minimum absolute atomic E-state index is 0.0623. The number of thiazole rings is 1. The van der Waals surface area contributed by atoms with Crippen LogP contribution in [0, 0.1) is 11.3 Å². The van der Waals surface area contributed by atoms with Crippen molar-refractivity contribution in [1.82, 2.24) is 14.9 Å². The van der Waals surface area contributed by atoms with Crippen molar-refractivity contribution in [2.75, 3.05) is 13.1 Å². The van der Waals surface area contributed by atoms with Crippen molar-refractivity contribution in [2.45, 2.75) is 12.8 Å². The number of amides is 1. The smallest absolute Gasteiger partial charge is 0.228 e. The highest BCUT2D eigenvalue weighted by Gasteiger charge is 2.24. The molecule has 1 amide bonds. The standard InChI is InChI=1S/C20H16N4O2S/c21-11-13-9-16(25)18(22-12-13)20-23-15(10-17(26)24-7-4-8-24)19(27-20)14-5-2-1-3-6-14/h1-3,5-6,9,12,25H,4,7-8,10H2. The van der Waals surface area contributed by atoms with E-state index in [0.717, 1.165) is 30.0 Å². The molecule has 0 aliphatic carbocycles. The molecule has 2 aromatic heterocycles. The molecule has 1 aromatic carbocycles. The molecule has 7 heteroatoms. The van der Waals surface area contributed by atoms with Gasteiger partial charge in [0.2, 0.25) is 5.91 Å². The minimum atomic E-state index is -0.0944. The van der Waals surface area contributed by atoms with E-state index in [-0.39, 0.29) is 23.6 Å². The molecule has 1 fully saturated rings. The number of benzene rings is 1. The van der Waals surface area contributed by atoms with Crippen LogP contribution >= 0.6 is 11.3 Å². The van der Waals surface area contributed by atoms with E-state index in [4.69, 9.17) is 5.26 Å². The molecule has 1 aliphatic heterocycles. The Morgan fingerprint density at radius 3 is 2.70 bits per heavy atom. The summed E-state index contributed by atoms with van der Waals surface area (Å²) in [6, 6.07) is 13.1. The van der Waals surface area contributed by atoms with Crippen LogP contribution in [0.2, 0.25) is 0 Å². The molecule has 0 saturated carbocycles. The van der Waals surface area contributed by atoms with Crippen LogP contribution in [0.25, 0.3) is 21.1 Å². The van der Waals surface area contributed by atoms with Crippen molar-refractivity contribution in [3.63, 3.8) is 0 Å². The number of hydrogen-bond donors (Lipinski definition) is 1. The molecule has 0 atom stereocenters. The molecular formula is C20H16N4O2S. The van der Waals surface area contributed by atoms with Crippen LogP contribution in [0.15, 0.2) is 42.6 Å². The van der Waals surface area contributed by atoms with E-state index < -0.39 is 0 Å². The summed E-state index contributed by atoms with van der Waals surface area (Å²) < 4.78 is 0. The van der Waals surface area contributed by atoms with Crippen LogP contribution in [0.1, 0.15) is 17.7 Å². The SMILES string of the molecule is N#Cc1cnc(-c2nc(CC(=O)N3CCC3)c(-c3ccccc3)s2)c(O)c1. The van der Waals surface area contributed by atoms with Gasteiger partial charge in [-0.2, -0.15) is 5.26 Å². The summed E-state index contributed by atoms with van der Waals surface area (Å²) in [5, 5.41) is 19.7. The van der Waals surface area contributed by atoms with Gasteiger partial charge >= 0.3 is 0 Å². The average Bonchev–Trinajstić information content (AvgIpc) is 3.04. The van der Waals surface area contributed by atoms with Crippen molar-refractivity contribution >= 4 is 17.2 Å². The molecule has 0 unspecified atom stereocenters. The Morgan fingerprint density at radius 1 is 1.30 bits per heavy atom. The maximum atomic E-state index is 12.5. The van der Waals surface area contributed by atoms with Gasteiger partial charge in [0.15, 0.2) is 0 Å². The summed E-state index contributed by atoms with van der Waals surface area (Å²) in [6.45, 7) is 1.60. The van der Waals surface area contributed by atoms with Gasteiger partial charge in [-0.3, -0.25) is 4.79 Å². The van der Waals surface area contributed by atoms with Crippen LogP contribution in [-0.2, 0) is 11.2 Å². The highest BCUT2D eigenvalue weighted by atomic mass is 32.1. The number of aromatic nitrogens is 2. The molecule has 0 bridgehead atoms. The summed E-state index contributed by atoms with van der Waals surface area (Å²) in [5.74, 6) is -0.0321. The van der Waals surface area contributed by atoms with Gasteiger partial charge in [0.05, 0.1) is 22.6 Å². The Labute approximate surface area is 160 Å². The number of carbonyl (C=O) groups excluding carboxylic acids is 1. The molecule has 0 spiro atoms. The van der Waals surface area contributed by atoms with Crippen molar-refractivity contribution in [3.05, 3.63) is 53.9 Å². The summed E-state index contributed by atoms with van der Waals surface area (Å²) in [6.07, 6.45) is 2.67. The van der Waals surface area contributed by atoms with E-state index in [1.54, 1.807) is 0 Å². The summed E-state index contributed by atoms with van der Waals surface area (Å²) in [4.78, 5) is 24.0. The molecule has 3 aromatic rings. The molecule has 134 valence electrons. The molecule has 4 rings (SSSR count). The Hall–Kier alpha value is -3.24. The zero-order valence-electron chi connectivity index (χ0n) is 14.4. The van der Waals surface area contributed by atoms with Crippen LogP contribution in [0.5, 0.6) is 5.75 Å². The predicted molar refractivity (Wildman–Crippen MR) is 102 cm³/mol. The van der Waals surface area contributed by atoms with Gasteiger partial charge < -0.3 is 10.0 Å². The van der Waals surface area contributed by atoms with Gasteiger partial charge in [0.1, 0.15) is 22.5 Å². The predicted octanol–water partition coefficient (Wildman–Crippen LogP) is 3.22. The van der Waals surface area contributed by atoms with E-state index >= 15 is 0 Å². The Morgan fingerprint density at radius 2 is 2.07 bits per heavy atom. The fourth-order valence-electron chi connectivity index (χ4n) is 2.89. The lowest BCUT2D eigenvalue weighted by molar-refractivity contribution is -0.133. The second-order valence-electron chi connectivity index (χ2n) is 6.28. The quantitative estimate of drug-likeness (QED) is 0.755. The Kier molecular flexibility index (Phi) is 4.57. The fraction of sp³-hybridized carbons (Fsp3) is 0.200. The first kappa shape index (κ1) is 17.2. The summed E-state index contributed by atoms with van der Waals surface area (Å²) in [7, 11) is 0. The van der Waals surface area contributed by atoms with Crippen LogP contribution in [0.4, 0.5) is 0 Å². The maximum absolute atomic E-state index is 12.5. The normalized spacial score (nSPS) is 13.1. The van der Waals surface area contributed by atoms with E-state index in [9.17, 15) is 9.90 Å². The van der Waals surface area contributed by atoms with Crippen molar-refractivity contribution in [1.29, 1.82) is 5.26 Å². The van der Waals surface area contributed by atoms with Crippen LogP contribution in [-0.4, -0.2) is 39.0 Å². The van der Waals surface area contributed by atoms with E-state index in [0.29, 0.717) is 16.4 Å². The second kappa shape index (κ2) is 7.17. The van der Waals surface area contributed by atoms with Gasteiger partial charge in [-0.15, -0.1) is 11.3 Å². The topological polar surface area (TPSA) is 90.1 Å². The first-order valence-corrected chi connectivity index (χ1v) is 9.39. The van der Waals surface area contributed by atoms with E-state index in [1.165, 1.54) is 23.6 Å². The third kappa shape index (κ3) is 3.39. The van der Waals surface area contributed by atoms with Crippen molar-refractivity contribution in [2.24, 2.45) is 0 Å². The van der Waals surface area contributed by atoms with Gasteiger partial charge in [0.25, 0.3) is 0 Å². The molecule has 1 N–H and O–H groups in total. The number of hydrogen-bond acceptors (Lipinski definition) is 6. The molecule has 1 aliphatic rings. The van der Waals surface area contributed by atoms with Crippen molar-refractivity contribution < 1.29 is 9.90 Å². The number of rotatable bonds is 4. The molecule has 6 nitrogen and oxygen atoms in total. The summed E-state index contributed by atoms with van der Waals surface area (Å²) in [5.41, 5.74) is 2.26. The lowest BCUT2D eigenvalue weighted by atomic mass is 10.1. The molecule has 27 heavy (non-hydrogen) atoms. The number of nitrogens with zero attached hydrogens (tertiary/aromatic N) is 4. The fourth-order valence-corrected chi connectivity index (χ4v) is 3.98. The molecular weight excluding hydrogens is 360 g/mol.